The molecule has 1 aromatic heterocycles. The maximum absolute atomic E-state index is 12.8. The minimum atomic E-state index is -5.54. The van der Waals surface area contributed by atoms with Gasteiger partial charge in [-0.3, -0.25) is 9.13 Å². The summed E-state index contributed by atoms with van der Waals surface area (Å²) < 4.78 is 35.6. The van der Waals surface area contributed by atoms with Crippen LogP contribution in [0.4, 0.5) is 4.39 Å². The second-order valence-electron chi connectivity index (χ2n) is 3.56. The molecule has 0 aliphatic heterocycles. The third kappa shape index (κ3) is 3.02. The summed E-state index contributed by atoms with van der Waals surface area (Å²) in [6.07, 6.45) is 1.83. The van der Waals surface area contributed by atoms with Gasteiger partial charge in [0.25, 0.3) is 0 Å². The molecule has 0 aliphatic rings. The number of hydrogen-bond acceptors (Lipinski definition) is 3. The summed E-state index contributed by atoms with van der Waals surface area (Å²) in [6, 6.07) is 2.17. The van der Waals surface area contributed by atoms with Crippen molar-refractivity contribution in [3.05, 3.63) is 30.3 Å². The smallest absolute Gasteiger partial charge is 0.363 e. The summed E-state index contributed by atoms with van der Waals surface area (Å²) in [6.45, 7) is -1.15. The Morgan fingerprint density at radius 2 is 1.72 bits per heavy atom. The average Bonchev–Trinajstić information content (AvgIpc) is 2.13. The minimum absolute atomic E-state index is 0.730. The Bertz CT molecular complexity index is 516. The van der Waals surface area contributed by atoms with Crippen LogP contribution in [0, 0.1) is 5.82 Å². The number of halogens is 1. The summed E-state index contributed by atoms with van der Waals surface area (Å²) in [4.78, 5) is 35.5. The summed E-state index contributed by atoms with van der Waals surface area (Å²) >= 11 is 0. The van der Waals surface area contributed by atoms with Crippen LogP contribution in [0.3, 0.4) is 0 Å². The molecule has 0 aliphatic carbocycles. The Kier molecular flexibility index (Phi) is 4.10. The van der Waals surface area contributed by atoms with Gasteiger partial charge in [0.05, 0.1) is 0 Å². The van der Waals surface area contributed by atoms with Gasteiger partial charge in [-0.25, -0.2) is 4.39 Å². The van der Waals surface area contributed by atoms with Crippen molar-refractivity contribution in [2.45, 2.75) is 11.6 Å². The summed E-state index contributed by atoms with van der Waals surface area (Å²) in [5, 5.41) is 5.96. The van der Waals surface area contributed by atoms with Crippen molar-refractivity contribution in [3.8, 4) is 0 Å². The molecule has 0 unspecified atom stereocenters. The Morgan fingerprint density at radius 1 is 1.22 bits per heavy atom. The van der Waals surface area contributed by atoms with Crippen LogP contribution >= 0.6 is 15.2 Å². The quantitative estimate of drug-likeness (QED) is 0.359. The molecule has 0 saturated carbocycles. The average molecular weight is 302 g/mol. The Hall–Kier alpha value is -0.660. The van der Waals surface area contributed by atoms with Crippen molar-refractivity contribution in [2.75, 3.05) is 0 Å². The molecule has 0 spiro atoms. The molecule has 18 heavy (non-hydrogen) atoms. The Balaban J connectivity index is 3.25. The molecule has 1 aromatic rings. The highest BCUT2D eigenvalue weighted by Crippen LogP contribution is 2.67. The van der Waals surface area contributed by atoms with Crippen molar-refractivity contribution in [3.63, 3.8) is 0 Å². The zero-order chi connectivity index (χ0) is 14.2. The highest BCUT2D eigenvalue weighted by atomic mass is 31.2. The molecule has 1 rings (SSSR count). The highest BCUT2D eigenvalue weighted by Gasteiger charge is 2.62. The fourth-order valence-electron chi connectivity index (χ4n) is 1.19. The van der Waals surface area contributed by atoms with Crippen molar-refractivity contribution in [1.82, 2.24) is 0 Å². The first kappa shape index (κ1) is 15.4. The van der Waals surface area contributed by atoms with Gasteiger partial charge in [-0.1, -0.05) is 0 Å². The second kappa shape index (κ2) is 4.79. The molecule has 0 aromatic carbocycles. The molecule has 0 amide bonds. The number of aliphatic hydroxyl groups is 1. The largest absolute Gasteiger partial charge is 0.376 e. The van der Waals surface area contributed by atoms with Crippen LogP contribution in [-0.2, 0) is 15.7 Å². The van der Waals surface area contributed by atoms with E-state index in [1.807, 2.05) is 0 Å². The van der Waals surface area contributed by atoms with Crippen LogP contribution < -0.4 is 4.57 Å². The summed E-state index contributed by atoms with van der Waals surface area (Å²) in [5.41, 5.74) is 0. The van der Waals surface area contributed by atoms with Crippen molar-refractivity contribution in [1.29, 1.82) is 0 Å². The van der Waals surface area contributed by atoms with E-state index in [0.29, 0.717) is 0 Å². The molecule has 0 fully saturated rings. The zero-order valence-electron chi connectivity index (χ0n) is 8.79. The van der Waals surface area contributed by atoms with Gasteiger partial charge >= 0.3 is 20.3 Å². The molecule has 0 radical (unpaired) electrons. The first-order chi connectivity index (χ1) is 7.97. The lowest BCUT2D eigenvalue weighted by molar-refractivity contribution is -0.704. The third-order valence-corrected chi connectivity index (χ3v) is 5.86. The Labute approximate surface area is 101 Å². The van der Waals surface area contributed by atoms with Crippen molar-refractivity contribution in [2.24, 2.45) is 0 Å². The monoisotopic (exact) mass is 302 g/mol. The van der Waals surface area contributed by atoms with Gasteiger partial charge in [0, 0.05) is 6.07 Å². The second-order valence-corrected chi connectivity index (χ2v) is 7.57. The fraction of sp³-hybridized carbons (Fsp3) is 0.286. The molecule has 8 nitrogen and oxygen atoms in total. The lowest BCUT2D eigenvalue weighted by Gasteiger charge is -2.26. The number of pyridine rings is 1. The molecule has 5 N–H and O–H groups in total. The molecule has 11 heteroatoms. The number of aromatic nitrogens is 1. The van der Waals surface area contributed by atoms with Crippen LogP contribution in [0.2, 0.25) is 0 Å². The van der Waals surface area contributed by atoms with Crippen LogP contribution in [-0.4, -0.2) is 29.8 Å². The van der Waals surface area contributed by atoms with E-state index in [2.05, 4.69) is 0 Å². The van der Waals surface area contributed by atoms with E-state index in [1.165, 1.54) is 0 Å². The first-order valence-corrected chi connectivity index (χ1v) is 7.68. The maximum Gasteiger partial charge on any atom is 0.376 e. The summed E-state index contributed by atoms with van der Waals surface area (Å²) in [5.74, 6) is -0.795. The predicted octanol–water partition coefficient (Wildman–Crippen LogP) is -0.885. The van der Waals surface area contributed by atoms with Crippen LogP contribution in [0.5, 0.6) is 0 Å². The predicted molar refractivity (Wildman–Crippen MR) is 55.6 cm³/mol. The number of rotatable bonds is 4. The van der Waals surface area contributed by atoms with E-state index in [9.17, 15) is 18.6 Å². The van der Waals surface area contributed by atoms with Gasteiger partial charge in [0.1, 0.15) is 0 Å². The molecular formula is C7H11FNO7P2+. The van der Waals surface area contributed by atoms with E-state index in [4.69, 9.17) is 19.6 Å². The van der Waals surface area contributed by atoms with Crippen LogP contribution in [0.15, 0.2) is 24.5 Å². The van der Waals surface area contributed by atoms with Crippen molar-refractivity contribution < 1.29 is 42.8 Å². The molecule has 0 saturated heterocycles. The van der Waals surface area contributed by atoms with Gasteiger partial charge in [0.2, 0.25) is 12.7 Å². The SMILES string of the molecule is O=P(O)(O)C(O)(C[n+]1cccc(F)c1)P(=O)(O)O. The normalized spacial score (nSPS) is 13.7. The van der Waals surface area contributed by atoms with Crippen LogP contribution in [0.25, 0.3) is 0 Å². The van der Waals surface area contributed by atoms with Gasteiger partial charge in [0.15, 0.2) is 12.0 Å². The first-order valence-electron chi connectivity index (χ1n) is 4.46. The van der Waals surface area contributed by atoms with Crippen LogP contribution in [0.1, 0.15) is 0 Å². The summed E-state index contributed by atoms with van der Waals surface area (Å²) in [7, 11) is -11.1. The van der Waals surface area contributed by atoms with Crippen molar-refractivity contribution >= 4 is 15.2 Å². The lowest BCUT2D eigenvalue weighted by Crippen LogP contribution is -2.47. The Morgan fingerprint density at radius 3 is 2.11 bits per heavy atom. The van der Waals surface area contributed by atoms with Gasteiger partial charge in [-0.05, 0) is 6.07 Å². The third-order valence-electron chi connectivity index (χ3n) is 2.15. The molecule has 1 heterocycles. The number of hydrogen-bond donors (Lipinski definition) is 5. The number of nitrogens with zero attached hydrogens (tertiary/aromatic N) is 1. The van der Waals surface area contributed by atoms with E-state index in [0.717, 1.165) is 29.1 Å². The van der Waals surface area contributed by atoms with Gasteiger partial charge < -0.3 is 24.7 Å². The topological polar surface area (TPSA) is 139 Å². The van der Waals surface area contributed by atoms with Gasteiger partial charge in [-0.2, -0.15) is 4.57 Å². The molecular weight excluding hydrogens is 291 g/mol. The molecule has 0 atom stereocenters. The standard InChI is InChI=1S/C7H10FNO7P2/c8-6-2-1-3-9(4-6)5-7(10,17(11,12)13)18(14,15)16/h1-4,10H,5H2,(H3-,11,12,13,14,15,16)/p+1. The van der Waals surface area contributed by atoms with E-state index in [-0.39, 0.29) is 0 Å². The maximum atomic E-state index is 12.8. The fourth-order valence-corrected chi connectivity index (χ4v) is 3.24. The highest BCUT2D eigenvalue weighted by molar-refractivity contribution is 7.72. The van der Waals surface area contributed by atoms with E-state index < -0.39 is 32.6 Å². The van der Waals surface area contributed by atoms with E-state index in [1.54, 1.807) is 0 Å². The molecule has 0 bridgehead atoms. The van der Waals surface area contributed by atoms with E-state index >= 15 is 0 Å². The molecule has 102 valence electrons. The minimum Gasteiger partial charge on any atom is -0.363 e. The van der Waals surface area contributed by atoms with Gasteiger partial charge in [-0.15, -0.1) is 0 Å². The zero-order valence-corrected chi connectivity index (χ0v) is 10.6. The lowest BCUT2D eigenvalue weighted by atomic mass is 10.4.